The molecule has 110 valence electrons. The van der Waals surface area contributed by atoms with Gasteiger partial charge in [0.25, 0.3) is 0 Å². The maximum absolute atomic E-state index is 10.4. The van der Waals surface area contributed by atoms with Gasteiger partial charge in [-0.3, -0.25) is 4.90 Å². The molecule has 3 nitrogen and oxygen atoms in total. The lowest BCUT2D eigenvalue weighted by Gasteiger charge is -2.29. The molecule has 0 aromatic heterocycles. The van der Waals surface area contributed by atoms with Crippen molar-refractivity contribution in [2.75, 3.05) is 0 Å². The number of aliphatic hydroxyl groups is 2. The first-order valence-corrected chi connectivity index (χ1v) is 7.39. The molecular formula is C18H21NO2. The van der Waals surface area contributed by atoms with Gasteiger partial charge >= 0.3 is 0 Å². The van der Waals surface area contributed by atoms with E-state index in [1.807, 2.05) is 55.5 Å². The Labute approximate surface area is 125 Å². The van der Waals surface area contributed by atoms with Gasteiger partial charge in [0.1, 0.15) is 6.10 Å². The van der Waals surface area contributed by atoms with E-state index >= 15 is 0 Å². The summed E-state index contributed by atoms with van der Waals surface area (Å²) in [5, 5.41) is 20.7. The minimum Gasteiger partial charge on any atom is -0.389 e. The average molecular weight is 283 g/mol. The van der Waals surface area contributed by atoms with Crippen LogP contribution in [-0.2, 0) is 6.54 Å². The molecule has 2 N–H and O–H groups in total. The van der Waals surface area contributed by atoms with E-state index in [2.05, 4.69) is 17.0 Å². The largest absolute Gasteiger partial charge is 0.389 e. The molecule has 0 aliphatic carbocycles. The smallest absolute Gasteiger partial charge is 0.101 e. The molecule has 2 aromatic rings. The maximum Gasteiger partial charge on any atom is 0.101 e. The van der Waals surface area contributed by atoms with Crippen LogP contribution in [0.2, 0.25) is 0 Å². The lowest BCUT2D eigenvalue weighted by atomic mass is 10.0. The number of aliphatic hydroxyl groups excluding tert-OH is 2. The quantitative estimate of drug-likeness (QED) is 0.909. The highest BCUT2D eigenvalue weighted by Crippen LogP contribution is 2.37. The van der Waals surface area contributed by atoms with E-state index in [9.17, 15) is 10.2 Å². The van der Waals surface area contributed by atoms with Gasteiger partial charge < -0.3 is 10.2 Å². The summed E-state index contributed by atoms with van der Waals surface area (Å²) in [7, 11) is 0. The molecule has 1 saturated heterocycles. The maximum atomic E-state index is 10.4. The van der Waals surface area contributed by atoms with E-state index in [0.717, 1.165) is 12.1 Å². The molecule has 1 aliphatic heterocycles. The lowest BCUT2D eigenvalue weighted by Crippen LogP contribution is -2.33. The first-order valence-electron chi connectivity index (χ1n) is 7.39. The van der Waals surface area contributed by atoms with E-state index in [-0.39, 0.29) is 12.1 Å². The van der Waals surface area contributed by atoms with Gasteiger partial charge in [-0.1, -0.05) is 60.7 Å². The van der Waals surface area contributed by atoms with Crippen LogP contribution in [0.5, 0.6) is 0 Å². The third kappa shape index (κ3) is 2.72. The van der Waals surface area contributed by atoms with Crippen molar-refractivity contribution in [3.8, 4) is 0 Å². The van der Waals surface area contributed by atoms with Crippen LogP contribution in [0.1, 0.15) is 24.1 Å². The summed E-state index contributed by atoms with van der Waals surface area (Å²) in [6.45, 7) is 2.69. The predicted octanol–water partition coefficient (Wildman–Crippen LogP) is 2.35. The zero-order chi connectivity index (χ0) is 14.8. The number of hydrogen-bond donors (Lipinski definition) is 2. The van der Waals surface area contributed by atoms with Crippen molar-refractivity contribution in [1.82, 2.24) is 4.90 Å². The Bertz CT molecular complexity index is 572. The van der Waals surface area contributed by atoms with Crippen molar-refractivity contribution in [1.29, 1.82) is 0 Å². The first kappa shape index (κ1) is 14.3. The minimum absolute atomic E-state index is 0.0783. The highest BCUT2D eigenvalue weighted by Gasteiger charge is 2.45. The minimum atomic E-state index is -0.758. The third-order valence-electron chi connectivity index (χ3n) is 4.40. The Balaban J connectivity index is 1.91. The molecule has 0 spiro atoms. The molecule has 1 heterocycles. The van der Waals surface area contributed by atoms with Gasteiger partial charge in [-0.05, 0) is 18.1 Å². The van der Waals surface area contributed by atoms with Crippen LogP contribution in [0, 0.1) is 0 Å². The Hall–Kier alpha value is -1.68. The zero-order valence-corrected chi connectivity index (χ0v) is 12.1. The van der Waals surface area contributed by atoms with Gasteiger partial charge in [-0.2, -0.15) is 0 Å². The van der Waals surface area contributed by atoms with Crippen molar-refractivity contribution in [2.24, 2.45) is 0 Å². The highest BCUT2D eigenvalue weighted by molar-refractivity contribution is 5.24. The number of benzene rings is 2. The van der Waals surface area contributed by atoms with E-state index in [0.29, 0.717) is 0 Å². The SMILES string of the molecule is C[C@@H]1[C@@H](O)[C@@H](O)[C@H](c2ccccc2)N1Cc1ccccc1. The molecule has 0 radical (unpaired) electrons. The third-order valence-corrected chi connectivity index (χ3v) is 4.40. The number of nitrogens with zero attached hydrogens (tertiary/aromatic N) is 1. The molecule has 1 aliphatic rings. The summed E-state index contributed by atoms with van der Waals surface area (Å²) in [4.78, 5) is 2.18. The average Bonchev–Trinajstić information content (AvgIpc) is 2.74. The van der Waals surface area contributed by atoms with Gasteiger partial charge in [0.05, 0.1) is 12.1 Å². The fraction of sp³-hybridized carbons (Fsp3) is 0.333. The summed E-state index contributed by atoms with van der Waals surface area (Å²) >= 11 is 0. The van der Waals surface area contributed by atoms with Crippen LogP contribution in [0.15, 0.2) is 60.7 Å². The van der Waals surface area contributed by atoms with Crippen molar-refractivity contribution in [3.05, 3.63) is 71.8 Å². The van der Waals surface area contributed by atoms with Gasteiger partial charge in [0.15, 0.2) is 0 Å². The topological polar surface area (TPSA) is 43.7 Å². The van der Waals surface area contributed by atoms with E-state index in [4.69, 9.17) is 0 Å². The second-order valence-corrected chi connectivity index (χ2v) is 5.74. The molecular weight excluding hydrogens is 262 g/mol. The lowest BCUT2D eigenvalue weighted by molar-refractivity contribution is 0.0299. The van der Waals surface area contributed by atoms with Crippen LogP contribution in [0.25, 0.3) is 0 Å². The van der Waals surface area contributed by atoms with Crippen molar-refractivity contribution in [3.63, 3.8) is 0 Å². The first-order chi connectivity index (χ1) is 10.2. The second-order valence-electron chi connectivity index (χ2n) is 5.74. The van der Waals surface area contributed by atoms with Gasteiger partial charge in [0, 0.05) is 12.6 Å². The summed E-state index contributed by atoms with van der Waals surface area (Å²) in [6, 6.07) is 19.9. The van der Waals surface area contributed by atoms with Crippen LogP contribution in [-0.4, -0.2) is 33.4 Å². The highest BCUT2D eigenvalue weighted by atomic mass is 16.3. The molecule has 0 unspecified atom stereocenters. The monoisotopic (exact) mass is 283 g/mol. The van der Waals surface area contributed by atoms with Crippen LogP contribution < -0.4 is 0 Å². The molecule has 21 heavy (non-hydrogen) atoms. The molecule has 2 aromatic carbocycles. The summed E-state index contributed by atoms with van der Waals surface area (Å²) in [5.41, 5.74) is 2.23. The Morgan fingerprint density at radius 3 is 2.05 bits per heavy atom. The molecule has 4 atom stereocenters. The second kappa shape index (κ2) is 5.98. The molecule has 0 saturated carbocycles. The number of likely N-dealkylation sites (tertiary alicyclic amines) is 1. The van der Waals surface area contributed by atoms with Gasteiger partial charge in [0.2, 0.25) is 0 Å². The molecule has 0 amide bonds. The van der Waals surface area contributed by atoms with Gasteiger partial charge in [-0.25, -0.2) is 0 Å². The Morgan fingerprint density at radius 1 is 0.857 bits per heavy atom. The van der Waals surface area contributed by atoms with Crippen molar-refractivity contribution >= 4 is 0 Å². The summed E-state index contributed by atoms with van der Waals surface area (Å²) in [6.07, 6.45) is -1.48. The van der Waals surface area contributed by atoms with Gasteiger partial charge in [-0.15, -0.1) is 0 Å². The number of rotatable bonds is 3. The van der Waals surface area contributed by atoms with Crippen LogP contribution in [0.3, 0.4) is 0 Å². The normalized spacial score (nSPS) is 29.7. The number of hydrogen-bond acceptors (Lipinski definition) is 3. The predicted molar refractivity (Wildman–Crippen MR) is 82.6 cm³/mol. The van der Waals surface area contributed by atoms with E-state index in [1.54, 1.807) is 0 Å². The fourth-order valence-electron chi connectivity index (χ4n) is 3.19. The zero-order valence-electron chi connectivity index (χ0n) is 12.1. The van der Waals surface area contributed by atoms with E-state index in [1.165, 1.54) is 5.56 Å². The standard InChI is InChI=1S/C18H21NO2/c1-13-17(20)18(21)16(15-10-6-3-7-11-15)19(13)12-14-8-4-2-5-9-14/h2-11,13,16-18,20-21H,12H2,1H3/t13-,16+,17-,18+/m1/s1. The summed E-state index contributed by atoms with van der Waals surface area (Å²) in [5.74, 6) is 0. The Kier molecular flexibility index (Phi) is 4.06. The molecule has 1 fully saturated rings. The van der Waals surface area contributed by atoms with E-state index < -0.39 is 12.2 Å². The van der Waals surface area contributed by atoms with Crippen LogP contribution in [0.4, 0.5) is 0 Å². The van der Waals surface area contributed by atoms with Crippen LogP contribution >= 0.6 is 0 Å². The summed E-state index contributed by atoms with van der Waals surface area (Å²) < 4.78 is 0. The van der Waals surface area contributed by atoms with Crippen molar-refractivity contribution < 1.29 is 10.2 Å². The fourth-order valence-corrected chi connectivity index (χ4v) is 3.19. The molecule has 0 bridgehead atoms. The molecule has 3 rings (SSSR count). The molecule has 3 heteroatoms. The Morgan fingerprint density at radius 2 is 1.43 bits per heavy atom. The van der Waals surface area contributed by atoms with Crippen molar-refractivity contribution in [2.45, 2.75) is 37.8 Å².